The molecule has 0 spiro atoms. The number of pyridine rings is 1. The van der Waals surface area contributed by atoms with Gasteiger partial charge in [-0.2, -0.15) is 0 Å². The first-order chi connectivity index (χ1) is 12.7. The fourth-order valence-corrected chi connectivity index (χ4v) is 3.11. The number of nitrogens with one attached hydrogen (secondary N) is 1. The fraction of sp³-hybridized carbons (Fsp3) is 0.200. The maximum atomic E-state index is 12.5. The highest BCUT2D eigenvalue weighted by molar-refractivity contribution is 5.92. The van der Waals surface area contributed by atoms with Crippen LogP contribution in [0.5, 0.6) is 0 Å². The largest absolute Gasteiger partial charge is 0.347 e. The molecule has 1 aliphatic rings. The number of carbonyl (C=O) groups is 1. The first kappa shape index (κ1) is 16.2. The average Bonchev–Trinajstić information content (AvgIpc) is 3.10. The van der Waals surface area contributed by atoms with Gasteiger partial charge in [0.05, 0.1) is 0 Å². The fourth-order valence-electron chi connectivity index (χ4n) is 3.11. The molecule has 3 heterocycles. The predicted octanol–water partition coefficient (Wildman–Crippen LogP) is 2.80. The molecule has 1 aromatic carbocycles. The van der Waals surface area contributed by atoms with Crippen LogP contribution in [0.1, 0.15) is 27.3 Å². The Morgan fingerprint density at radius 3 is 2.81 bits per heavy atom. The number of aryl methyl sites for hydroxylation is 1. The molecule has 0 saturated carbocycles. The van der Waals surface area contributed by atoms with E-state index in [1.807, 2.05) is 31.2 Å². The van der Waals surface area contributed by atoms with Crippen molar-refractivity contribution in [2.75, 3.05) is 11.4 Å². The second-order valence-electron chi connectivity index (χ2n) is 6.26. The van der Waals surface area contributed by atoms with Crippen LogP contribution in [0.4, 0.5) is 11.6 Å². The zero-order valence-electron chi connectivity index (χ0n) is 14.5. The van der Waals surface area contributed by atoms with Crippen LogP contribution in [0, 0.1) is 6.92 Å². The Hall–Kier alpha value is -3.28. The monoisotopic (exact) mass is 345 g/mol. The summed E-state index contributed by atoms with van der Waals surface area (Å²) in [6, 6.07) is 13.7. The molecule has 3 aromatic rings. The van der Waals surface area contributed by atoms with Crippen LogP contribution < -0.4 is 10.2 Å². The molecule has 0 fully saturated rings. The third kappa shape index (κ3) is 3.26. The zero-order chi connectivity index (χ0) is 17.9. The van der Waals surface area contributed by atoms with Crippen molar-refractivity contribution >= 4 is 17.5 Å². The average molecular weight is 345 g/mol. The molecule has 0 unspecified atom stereocenters. The number of nitrogens with zero attached hydrogens (tertiary/aromatic N) is 4. The van der Waals surface area contributed by atoms with Gasteiger partial charge < -0.3 is 10.2 Å². The molecule has 0 bridgehead atoms. The third-order valence-electron chi connectivity index (χ3n) is 4.41. The molecule has 130 valence electrons. The van der Waals surface area contributed by atoms with Crippen LogP contribution in [0.3, 0.4) is 0 Å². The standard InChI is InChI=1S/C20H19N5O/c1-14-12-17(19(26)22-13-15-6-9-21-10-7-15)24-20(23-14)25-11-8-16-4-2-3-5-18(16)25/h2-7,9-10,12H,8,11,13H2,1H3,(H,22,26). The predicted molar refractivity (Wildman–Crippen MR) is 99.3 cm³/mol. The van der Waals surface area contributed by atoms with Gasteiger partial charge >= 0.3 is 0 Å². The minimum atomic E-state index is -0.207. The second kappa shape index (κ2) is 6.92. The van der Waals surface area contributed by atoms with E-state index in [-0.39, 0.29) is 5.91 Å². The number of amides is 1. The van der Waals surface area contributed by atoms with Crippen molar-refractivity contribution < 1.29 is 4.79 Å². The van der Waals surface area contributed by atoms with E-state index in [1.165, 1.54) is 5.56 Å². The molecule has 6 nitrogen and oxygen atoms in total. The van der Waals surface area contributed by atoms with Gasteiger partial charge in [0.1, 0.15) is 5.69 Å². The molecule has 0 atom stereocenters. The number of benzene rings is 1. The van der Waals surface area contributed by atoms with Gasteiger partial charge in [-0.15, -0.1) is 0 Å². The van der Waals surface area contributed by atoms with Gasteiger partial charge in [0, 0.05) is 36.9 Å². The quantitative estimate of drug-likeness (QED) is 0.787. The number of rotatable bonds is 4. The van der Waals surface area contributed by atoms with Crippen LogP contribution in [0.2, 0.25) is 0 Å². The van der Waals surface area contributed by atoms with E-state index in [0.717, 1.165) is 29.9 Å². The maximum absolute atomic E-state index is 12.5. The number of carbonyl (C=O) groups excluding carboxylic acids is 1. The van der Waals surface area contributed by atoms with E-state index in [0.29, 0.717) is 18.2 Å². The minimum absolute atomic E-state index is 0.207. The summed E-state index contributed by atoms with van der Waals surface area (Å²) in [6.45, 7) is 3.14. The van der Waals surface area contributed by atoms with Gasteiger partial charge in [-0.3, -0.25) is 9.78 Å². The number of anilines is 2. The smallest absolute Gasteiger partial charge is 0.270 e. The lowest BCUT2D eigenvalue weighted by Gasteiger charge is -2.18. The van der Waals surface area contributed by atoms with Crippen LogP contribution in [-0.4, -0.2) is 27.4 Å². The summed E-state index contributed by atoms with van der Waals surface area (Å²) in [5.74, 6) is 0.366. The third-order valence-corrected chi connectivity index (χ3v) is 4.41. The van der Waals surface area contributed by atoms with Gasteiger partial charge in [-0.25, -0.2) is 9.97 Å². The molecule has 1 N–H and O–H groups in total. The highest BCUT2D eigenvalue weighted by atomic mass is 16.1. The highest BCUT2D eigenvalue weighted by Crippen LogP contribution is 2.32. The summed E-state index contributed by atoms with van der Waals surface area (Å²) >= 11 is 0. The minimum Gasteiger partial charge on any atom is -0.347 e. The summed E-state index contributed by atoms with van der Waals surface area (Å²) in [6.07, 6.45) is 4.37. The molecule has 1 aliphatic heterocycles. The van der Waals surface area contributed by atoms with Crippen molar-refractivity contribution in [3.63, 3.8) is 0 Å². The van der Waals surface area contributed by atoms with Crippen LogP contribution in [0.15, 0.2) is 54.9 Å². The highest BCUT2D eigenvalue weighted by Gasteiger charge is 2.23. The van der Waals surface area contributed by atoms with E-state index in [4.69, 9.17) is 0 Å². The molecule has 26 heavy (non-hydrogen) atoms. The summed E-state index contributed by atoms with van der Waals surface area (Å²) < 4.78 is 0. The number of aromatic nitrogens is 3. The van der Waals surface area contributed by atoms with Crippen molar-refractivity contribution in [2.45, 2.75) is 19.9 Å². The summed E-state index contributed by atoms with van der Waals surface area (Å²) in [5.41, 5.74) is 4.54. The summed E-state index contributed by atoms with van der Waals surface area (Å²) in [7, 11) is 0. The lowest BCUT2D eigenvalue weighted by molar-refractivity contribution is 0.0945. The first-order valence-corrected chi connectivity index (χ1v) is 8.59. The second-order valence-corrected chi connectivity index (χ2v) is 6.26. The Bertz CT molecular complexity index is 942. The molecule has 0 aliphatic carbocycles. The lowest BCUT2D eigenvalue weighted by atomic mass is 10.2. The molecule has 0 saturated heterocycles. The number of hydrogen-bond acceptors (Lipinski definition) is 5. The number of hydrogen-bond donors (Lipinski definition) is 1. The topological polar surface area (TPSA) is 71.0 Å². The number of fused-ring (bicyclic) bond motifs is 1. The van der Waals surface area contributed by atoms with E-state index < -0.39 is 0 Å². The van der Waals surface area contributed by atoms with Gasteiger partial charge in [-0.1, -0.05) is 18.2 Å². The van der Waals surface area contributed by atoms with Crippen LogP contribution >= 0.6 is 0 Å². The van der Waals surface area contributed by atoms with Crippen LogP contribution in [0.25, 0.3) is 0 Å². The Morgan fingerprint density at radius 1 is 1.15 bits per heavy atom. The molecular weight excluding hydrogens is 326 g/mol. The van der Waals surface area contributed by atoms with Gasteiger partial charge in [0.15, 0.2) is 0 Å². The van der Waals surface area contributed by atoms with Crippen molar-refractivity contribution in [1.29, 1.82) is 0 Å². The van der Waals surface area contributed by atoms with Crippen molar-refractivity contribution in [1.82, 2.24) is 20.3 Å². The van der Waals surface area contributed by atoms with E-state index in [9.17, 15) is 4.79 Å². The van der Waals surface area contributed by atoms with E-state index in [1.54, 1.807) is 18.5 Å². The molecule has 2 aromatic heterocycles. The Balaban J connectivity index is 1.56. The molecule has 1 amide bonds. The number of para-hydroxylation sites is 1. The summed E-state index contributed by atoms with van der Waals surface area (Å²) in [4.78, 5) is 27.7. The normalized spacial score (nSPS) is 12.7. The lowest BCUT2D eigenvalue weighted by Crippen LogP contribution is -2.25. The Morgan fingerprint density at radius 2 is 1.96 bits per heavy atom. The molecule has 6 heteroatoms. The maximum Gasteiger partial charge on any atom is 0.270 e. The van der Waals surface area contributed by atoms with Gasteiger partial charge in [-0.05, 0) is 48.7 Å². The van der Waals surface area contributed by atoms with Gasteiger partial charge in [0.25, 0.3) is 5.91 Å². The molecule has 4 rings (SSSR count). The summed E-state index contributed by atoms with van der Waals surface area (Å²) in [5, 5.41) is 2.90. The van der Waals surface area contributed by atoms with Crippen molar-refractivity contribution in [3.8, 4) is 0 Å². The molecule has 0 radical (unpaired) electrons. The van der Waals surface area contributed by atoms with E-state index in [2.05, 4.69) is 37.3 Å². The van der Waals surface area contributed by atoms with Gasteiger partial charge in [0.2, 0.25) is 5.95 Å². The van der Waals surface area contributed by atoms with Crippen LogP contribution in [-0.2, 0) is 13.0 Å². The first-order valence-electron chi connectivity index (χ1n) is 8.59. The van der Waals surface area contributed by atoms with Crippen molar-refractivity contribution in [2.24, 2.45) is 0 Å². The van der Waals surface area contributed by atoms with E-state index >= 15 is 0 Å². The Kier molecular flexibility index (Phi) is 4.31. The SMILES string of the molecule is Cc1cc(C(=O)NCc2ccncc2)nc(N2CCc3ccccc32)n1. The zero-order valence-corrected chi connectivity index (χ0v) is 14.5. The molecular formula is C20H19N5O. The Labute approximate surface area is 151 Å². The van der Waals surface area contributed by atoms with Crippen molar-refractivity contribution in [3.05, 3.63) is 77.4 Å².